The molecule has 2 aliphatic rings. The Bertz CT molecular complexity index is 477. The van der Waals surface area contributed by atoms with Crippen LogP contribution in [-0.4, -0.2) is 23.0 Å². The first-order valence-electron chi connectivity index (χ1n) is 7.41. The number of carbonyl (C=O) groups is 1. The fourth-order valence-corrected chi connectivity index (χ4v) is 3.36. The molecule has 1 aromatic rings. The molecule has 1 saturated carbocycles. The number of rotatable bonds is 2. The van der Waals surface area contributed by atoms with Gasteiger partial charge in [0.2, 0.25) is 5.91 Å². The highest BCUT2D eigenvalue weighted by Crippen LogP contribution is 2.32. The molecule has 2 fully saturated rings. The van der Waals surface area contributed by atoms with Gasteiger partial charge in [0, 0.05) is 6.04 Å². The molecule has 3 rings (SSSR count). The van der Waals surface area contributed by atoms with Crippen LogP contribution in [0.5, 0.6) is 0 Å². The van der Waals surface area contributed by atoms with Gasteiger partial charge in [0.25, 0.3) is 0 Å². The molecule has 108 valence electrons. The molecule has 1 saturated heterocycles. The van der Waals surface area contributed by atoms with Crippen LogP contribution in [0.1, 0.15) is 38.5 Å². The molecule has 4 nitrogen and oxygen atoms in total. The highest BCUT2D eigenvalue weighted by Gasteiger charge is 2.34. The minimum absolute atomic E-state index is 0.0619. The van der Waals surface area contributed by atoms with Crippen molar-refractivity contribution < 1.29 is 9.18 Å². The topological polar surface area (TPSA) is 54.0 Å². The molecule has 0 spiro atoms. The number of fused-ring (bicyclic) bond motifs is 1. The number of amides is 1. The first kappa shape index (κ1) is 13.5. The number of halogens is 1. The van der Waals surface area contributed by atoms with Gasteiger partial charge >= 0.3 is 0 Å². The summed E-state index contributed by atoms with van der Waals surface area (Å²) in [6, 6.07) is 3.11. The number of nitrogens with zero attached hydrogens (tertiary/aromatic N) is 1. The lowest BCUT2D eigenvalue weighted by Gasteiger charge is -2.39. The maximum absolute atomic E-state index is 12.8. The lowest BCUT2D eigenvalue weighted by molar-refractivity contribution is -0.119. The SMILES string of the molecule is O=C(Nc1ccc(F)cn1)C1CCC2CCCCC2N1. The van der Waals surface area contributed by atoms with Crippen molar-refractivity contribution in [3.8, 4) is 0 Å². The molecule has 3 unspecified atom stereocenters. The third-order valence-corrected chi connectivity index (χ3v) is 4.45. The normalized spacial score (nSPS) is 29.6. The van der Waals surface area contributed by atoms with Gasteiger partial charge in [0.1, 0.15) is 11.6 Å². The fourth-order valence-electron chi connectivity index (χ4n) is 3.36. The quantitative estimate of drug-likeness (QED) is 0.873. The number of nitrogens with one attached hydrogen (secondary N) is 2. The Morgan fingerprint density at radius 2 is 2.10 bits per heavy atom. The summed E-state index contributed by atoms with van der Waals surface area (Å²) in [5, 5.41) is 6.23. The Kier molecular flexibility index (Phi) is 3.96. The third-order valence-electron chi connectivity index (χ3n) is 4.45. The molecule has 0 bridgehead atoms. The van der Waals surface area contributed by atoms with Crippen molar-refractivity contribution in [1.82, 2.24) is 10.3 Å². The second-order valence-electron chi connectivity index (χ2n) is 5.80. The number of piperidine rings is 1. The van der Waals surface area contributed by atoms with Gasteiger partial charge in [-0.05, 0) is 43.7 Å². The Morgan fingerprint density at radius 3 is 2.90 bits per heavy atom. The molecular formula is C15H20FN3O. The number of pyridine rings is 1. The highest BCUT2D eigenvalue weighted by molar-refractivity contribution is 5.94. The van der Waals surface area contributed by atoms with Crippen molar-refractivity contribution >= 4 is 11.7 Å². The Hall–Kier alpha value is -1.49. The van der Waals surface area contributed by atoms with Crippen LogP contribution in [0.4, 0.5) is 10.2 Å². The van der Waals surface area contributed by atoms with Crippen molar-refractivity contribution in [2.24, 2.45) is 5.92 Å². The van der Waals surface area contributed by atoms with Gasteiger partial charge in [-0.1, -0.05) is 12.8 Å². The lowest BCUT2D eigenvalue weighted by Crippen LogP contribution is -2.53. The van der Waals surface area contributed by atoms with Gasteiger partial charge in [-0.3, -0.25) is 4.79 Å². The summed E-state index contributed by atoms with van der Waals surface area (Å²) >= 11 is 0. The Balaban J connectivity index is 1.58. The van der Waals surface area contributed by atoms with E-state index in [2.05, 4.69) is 15.6 Å². The van der Waals surface area contributed by atoms with Crippen LogP contribution in [0.3, 0.4) is 0 Å². The van der Waals surface area contributed by atoms with Crippen LogP contribution in [0.25, 0.3) is 0 Å². The van der Waals surface area contributed by atoms with Crippen LogP contribution < -0.4 is 10.6 Å². The minimum Gasteiger partial charge on any atom is -0.309 e. The van der Waals surface area contributed by atoms with Crippen LogP contribution in [0.15, 0.2) is 18.3 Å². The number of anilines is 1. The summed E-state index contributed by atoms with van der Waals surface area (Å²) in [4.78, 5) is 16.1. The summed E-state index contributed by atoms with van der Waals surface area (Å²) in [6.45, 7) is 0. The first-order chi connectivity index (χ1) is 9.72. The Morgan fingerprint density at radius 1 is 1.25 bits per heavy atom. The standard InChI is InChI=1S/C15H20FN3O/c16-11-6-8-14(17-9-11)19-15(20)13-7-5-10-3-1-2-4-12(10)18-13/h6,8-10,12-13,18H,1-5,7H2,(H,17,19,20). The zero-order valence-corrected chi connectivity index (χ0v) is 11.4. The second kappa shape index (κ2) is 5.87. The zero-order valence-electron chi connectivity index (χ0n) is 11.4. The molecule has 2 N–H and O–H groups in total. The molecule has 1 aromatic heterocycles. The maximum atomic E-state index is 12.8. The summed E-state index contributed by atoms with van der Waals surface area (Å²) in [7, 11) is 0. The summed E-state index contributed by atoms with van der Waals surface area (Å²) < 4.78 is 12.8. The van der Waals surface area contributed by atoms with E-state index in [1.54, 1.807) is 0 Å². The predicted molar refractivity (Wildman–Crippen MR) is 74.7 cm³/mol. The van der Waals surface area contributed by atoms with Gasteiger partial charge in [-0.25, -0.2) is 9.37 Å². The van der Waals surface area contributed by atoms with E-state index >= 15 is 0 Å². The molecule has 1 amide bonds. The van der Waals surface area contributed by atoms with Crippen molar-refractivity contribution in [3.05, 3.63) is 24.1 Å². The molecule has 1 aliphatic heterocycles. The van der Waals surface area contributed by atoms with Crippen LogP contribution in [0, 0.1) is 11.7 Å². The maximum Gasteiger partial charge on any atom is 0.242 e. The van der Waals surface area contributed by atoms with E-state index in [9.17, 15) is 9.18 Å². The largest absolute Gasteiger partial charge is 0.309 e. The van der Waals surface area contributed by atoms with Crippen LogP contribution in [-0.2, 0) is 4.79 Å². The average molecular weight is 277 g/mol. The second-order valence-corrected chi connectivity index (χ2v) is 5.80. The van der Waals surface area contributed by atoms with Gasteiger partial charge in [-0.2, -0.15) is 0 Å². The zero-order chi connectivity index (χ0) is 13.9. The molecule has 1 aliphatic carbocycles. The van der Waals surface area contributed by atoms with E-state index in [-0.39, 0.29) is 11.9 Å². The lowest BCUT2D eigenvalue weighted by atomic mass is 9.77. The molecule has 2 heterocycles. The van der Waals surface area contributed by atoms with E-state index in [0.29, 0.717) is 11.9 Å². The average Bonchev–Trinajstić information content (AvgIpc) is 2.49. The number of hydrogen-bond donors (Lipinski definition) is 2. The minimum atomic E-state index is -0.399. The van der Waals surface area contributed by atoms with Gasteiger partial charge in [0.05, 0.1) is 12.2 Å². The number of carbonyl (C=O) groups excluding carboxylic acids is 1. The predicted octanol–water partition coefficient (Wildman–Crippen LogP) is 2.47. The van der Waals surface area contributed by atoms with Gasteiger partial charge in [0.15, 0.2) is 0 Å². The third kappa shape index (κ3) is 2.98. The first-order valence-corrected chi connectivity index (χ1v) is 7.41. The molecule has 0 radical (unpaired) electrons. The van der Waals surface area contributed by atoms with Crippen molar-refractivity contribution in [1.29, 1.82) is 0 Å². The Labute approximate surface area is 118 Å². The van der Waals surface area contributed by atoms with Crippen molar-refractivity contribution in [3.63, 3.8) is 0 Å². The molecule has 20 heavy (non-hydrogen) atoms. The van der Waals surface area contributed by atoms with E-state index < -0.39 is 5.82 Å². The van der Waals surface area contributed by atoms with E-state index in [4.69, 9.17) is 0 Å². The fraction of sp³-hybridized carbons (Fsp3) is 0.600. The number of aromatic nitrogens is 1. The van der Waals surface area contributed by atoms with E-state index in [1.807, 2.05) is 0 Å². The summed E-state index contributed by atoms with van der Waals surface area (Å²) in [5.74, 6) is 0.678. The molecular weight excluding hydrogens is 257 g/mol. The molecule has 5 heteroatoms. The van der Waals surface area contributed by atoms with Crippen LogP contribution in [0.2, 0.25) is 0 Å². The van der Waals surface area contributed by atoms with Gasteiger partial charge < -0.3 is 10.6 Å². The number of hydrogen-bond acceptors (Lipinski definition) is 3. The van der Waals surface area contributed by atoms with E-state index in [1.165, 1.54) is 37.8 Å². The smallest absolute Gasteiger partial charge is 0.242 e. The molecule has 0 aromatic carbocycles. The highest BCUT2D eigenvalue weighted by atomic mass is 19.1. The van der Waals surface area contributed by atoms with Crippen LogP contribution >= 0.6 is 0 Å². The molecule has 3 atom stereocenters. The summed E-state index contributed by atoms with van der Waals surface area (Å²) in [5.41, 5.74) is 0. The van der Waals surface area contributed by atoms with E-state index in [0.717, 1.165) is 25.0 Å². The van der Waals surface area contributed by atoms with Crippen molar-refractivity contribution in [2.45, 2.75) is 50.6 Å². The van der Waals surface area contributed by atoms with Gasteiger partial charge in [-0.15, -0.1) is 0 Å². The summed E-state index contributed by atoms with van der Waals surface area (Å²) in [6.07, 6.45) is 8.12. The monoisotopic (exact) mass is 277 g/mol. The van der Waals surface area contributed by atoms with Crippen molar-refractivity contribution in [2.75, 3.05) is 5.32 Å².